The SMILES string of the molecule is CC(CCN)CCCN1CCS(=O)(=O)CC1. The number of hydrogen-bond donors (Lipinski definition) is 1. The van der Waals surface area contributed by atoms with Gasteiger partial charge in [-0.05, 0) is 38.3 Å². The van der Waals surface area contributed by atoms with Crippen molar-refractivity contribution in [3.63, 3.8) is 0 Å². The first-order valence-corrected chi connectivity index (χ1v) is 7.98. The van der Waals surface area contributed by atoms with E-state index in [-0.39, 0.29) is 0 Å². The molecule has 0 bridgehead atoms. The van der Waals surface area contributed by atoms with Crippen LogP contribution in [0.4, 0.5) is 0 Å². The maximum atomic E-state index is 11.2. The van der Waals surface area contributed by atoms with Gasteiger partial charge in [0.2, 0.25) is 0 Å². The molecule has 0 amide bonds. The standard InChI is InChI=1S/C11H24N2O2S/c1-11(4-5-12)3-2-6-13-7-9-16(14,15)10-8-13/h11H,2-10,12H2,1H3. The monoisotopic (exact) mass is 248 g/mol. The molecule has 0 aromatic heterocycles. The van der Waals surface area contributed by atoms with Crippen molar-refractivity contribution in [2.75, 3.05) is 37.7 Å². The van der Waals surface area contributed by atoms with E-state index >= 15 is 0 Å². The van der Waals surface area contributed by atoms with Gasteiger partial charge in [-0.3, -0.25) is 0 Å². The van der Waals surface area contributed by atoms with E-state index in [1.54, 1.807) is 0 Å². The van der Waals surface area contributed by atoms with E-state index in [4.69, 9.17) is 5.73 Å². The summed E-state index contributed by atoms with van der Waals surface area (Å²) in [6.07, 6.45) is 3.44. The van der Waals surface area contributed by atoms with Crippen LogP contribution in [0.5, 0.6) is 0 Å². The van der Waals surface area contributed by atoms with Gasteiger partial charge in [0.15, 0.2) is 9.84 Å². The normalized spacial score (nSPS) is 23.1. The third kappa shape index (κ3) is 5.27. The van der Waals surface area contributed by atoms with E-state index in [0.29, 0.717) is 30.5 Å². The number of hydrogen-bond acceptors (Lipinski definition) is 4. The van der Waals surface area contributed by atoms with E-state index in [9.17, 15) is 8.42 Å². The van der Waals surface area contributed by atoms with Crippen LogP contribution in [0.1, 0.15) is 26.2 Å². The first kappa shape index (κ1) is 13.9. The molecule has 0 spiro atoms. The Bertz CT molecular complexity index is 276. The van der Waals surface area contributed by atoms with Gasteiger partial charge in [0, 0.05) is 13.1 Å². The molecule has 1 aliphatic heterocycles. The van der Waals surface area contributed by atoms with E-state index < -0.39 is 9.84 Å². The van der Waals surface area contributed by atoms with Crippen molar-refractivity contribution in [3.8, 4) is 0 Å². The minimum absolute atomic E-state index is 0.339. The highest BCUT2D eigenvalue weighted by atomic mass is 32.2. The second-order valence-corrected chi connectivity index (χ2v) is 7.12. The van der Waals surface area contributed by atoms with Gasteiger partial charge in [0.1, 0.15) is 0 Å². The topological polar surface area (TPSA) is 63.4 Å². The van der Waals surface area contributed by atoms with Crippen LogP contribution in [0.25, 0.3) is 0 Å². The van der Waals surface area contributed by atoms with Gasteiger partial charge < -0.3 is 10.6 Å². The van der Waals surface area contributed by atoms with E-state index in [1.807, 2.05) is 0 Å². The van der Waals surface area contributed by atoms with Crippen molar-refractivity contribution in [1.82, 2.24) is 4.90 Å². The number of rotatable bonds is 6. The van der Waals surface area contributed by atoms with Crippen molar-refractivity contribution in [1.29, 1.82) is 0 Å². The van der Waals surface area contributed by atoms with Crippen LogP contribution >= 0.6 is 0 Å². The van der Waals surface area contributed by atoms with Crippen LogP contribution in [-0.4, -0.2) is 51.0 Å². The van der Waals surface area contributed by atoms with Crippen LogP contribution in [0, 0.1) is 5.92 Å². The average Bonchev–Trinajstić information content (AvgIpc) is 2.21. The summed E-state index contributed by atoms with van der Waals surface area (Å²) in [5.74, 6) is 1.37. The smallest absolute Gasteiger partial charge is 0.152 e. The molecule has 5 heteroatoms. The molecule has 1 unspecified atom stereocenters. The first-order chi connectivity index (χ1) is 7.53. The molecule has 0 aromatic carbocycles. The van der Waals surface area contributed by atoms with Crippen LogP contribution in [0.2, 0.25) is 0 Å². The number of nitrogens with two attached hydrogens (primary N) is 1. The summed E-state index contributed by atoms with van der Waals surface area (Å²) < 4.78 is 22.4. The van der Waals surface area contributed by atoms with Crippen molar-refractivity contribution >= 4 is 9.84 Å². The van der Waals surface area contributed by atoms with Gasteiger partial charge >= 0.3 is 0 Å². The Hall–Kier alpha value is -0.130. The lowest BCUT2D eigenvalue weighted by Crippen LogP contribution is -2.40. The Morgan fingerprint density at radius 2 is 1.88 bits per heavy atom. The second kappa shape index (κ2) is 6.57. The van der Waals surface area contributed by atoms with Crippen molar-refractivity contribution < 1.29 is 8.42 Å². The highest BCUT2D eigenvalue weighted by molar-refractivity contribution is 7.91. The molecule has 0 radical (unpaired) electrons. The Morgan fingerprint density at radius 3 is 2.44 bits per heavy atom. The largest absolute Gasteiger partial charge is 0.330 e. The molecule has 1 atom stereocenters. The summed E-state index contributed by atoms with van der Waals surface area (Å²) in [6, 6.07) is 0. The zero-order chi connectivity index (χ0) is 12.0. The molecular weight excluding hydrogens is 224 g/mol. The van der Waals surface area contributed by atoms with Gasteiger partial charge in [0.25, 0.3) is 0 Å². The minimum Gasteiger partial charge on any atom is -0.330 e. The molecule has 0 aromatic rings. The second-order valence-electron chi connectivity index (χ2n) is 4.82. The van der Waals surface area contributed by atoms with Crippen LogP contribution in [-0.2, 0) is 9.84 Å². The molecule has 1 rings (SSSR count). The molecule has 0 aliphatic carbocycles. The van der Waals surface area contributed by atoms with Crippen LogP contribution in [0.3, 0.4) is 0 Å². The summed E-state index contributed by atoms with van der Waals surface area (Å²) >= 11 is 0. The third-order valence-electron chi connectivity index (χ3n) is 3.27. The van der Waals surface area contributed by atoms with Gasteiger partial charge in [0.05, 0.1) is 11.5 Å². The fraction of sp³-hybridized carbons (Fsp3) is 1.00. The minimum atomic E-state index is -2.72. The fourth-order valence-corrected chi connectivity index (χ4v) is 3.34. The summed E-state index contributed by atoms with van der Waals surface area (Å²) in [4.78, 5) is 2.26. The third-order valence-corrected chi connectivity index (χ3v) is 4.88. The number of sulfone groups is 1. The fourth-order valence-electron chi connectivity index (χ4n) is 2.07. The summed E-state index contributed by atoms with van der Waals surface area (Å²) in [5.41, 5.74) is 5.50. The molecule has 1 fully saturated rings. The maximum Gasteiger partial charge on any atom is 0.152 e. The van der Waals surface area contributed by atoms with Gasteiger partial charge in [-0.2, -0.15) is 0 Å². The Labute approximate surface area is 99.1 Å². The van der Waals surface area contributed by atoms with E-state index in [0.717, 1.165) is 25.9 Å². The highest BCUT2D eigenvalue weighted by Crippen LogP contribution is 2.11. The molecule has 2 N–H and O–H groups in total. The lowest BCUT2D eigenvalue weighted by atomic mass is 10.0. The van der Waals surface area contributed by atoms with Crippen LogP contribution < -0.4 is 5.73 Å². The molecule has 1 saturated heterocycles. The van der Waals surface area contributed by atoms with Crippen molar-refractivity contribution in [2.24, 2.45) is 11.7 Å². The number of nitrogens with zero attached hydrogens (tertiary/aromatic N) is 1. The highest BCUT2D eigenvalue weighted by Gasteiger charge is 2.20. The van der Waals surface area contributed by atoms with Crippen molar-refractivity contribution in [3.05, 3.63) is 0 Å². The Kier molecular flexibility index (Phi) is 5.72. The summed E-state index contributed by atoms with van der Waals surface area (Å²) in [5, 5.41) is 0. The Balaban J connectivity index is 2.11. The lowest BCUT2D eigenvalue weighted by Gasteiger charge is -2.26. The average molecular weight is 248 g/mol. The van der Waals surface area contributed by atoms with Crippen LogP contribution in [0.15, 0.2) is 0 Å². The molecule has 1 aliphatic rings. The van der Waals surface area contributed by atoms with E-state index in [2.05, 4.69) is 11.8 Å². The molecule has 96 valence electrons. The van der Waals surface area contributed by atoms with Gasteiger partial charge in [-0.25, -0.2) is 8.42 Å². The van der Waals surface area contributed by atoms with Gasteiger partial charge in [-0.15, -0.1) is 0 Å². The zero-order valence-electron chi connectivity index (χ0n) is 10.2. The molecule has 1 heterocycles. The van der Waals surface area contributed by atoms with E-state index in [1.165, 1.54) is 6.42 Å². The molecule has 4 nitrogen and oxygen atoms in total. The molecule has 0 saturated carbocycles. The maximum absolute atomic E-state index is 11.2. The predicted octanol–water partition coefficient (Wildman–Crippen LogP) is 0.482. The van der Waals surface area contributed by atoms with Crippen molar-refractivity contribution in [2.45, 2.75) is 26.2 Å². The predicted molar refractivity (Wildman–Crippen MR) is 67.2 cm³/mol. The first-order valence-electron chi connectivity index (χ1n) is 6.16. The summed E-state index contributed by atoms with van der Waals surface area (Å²) in [7, 11) is -2.72. The summed E-state index contributed by atoms with van der Waals surface area (Å²) in [6.45, 7) is 5.46. The van der Waals surface area contributed by atoms with Gasteiger partial charge in [-0.1, -0.05) is 6.92 Å². The molecule has 16 heavy (non-hydrogen) atoms. The molecular formula is C11H24N2O2S. The Morgan fingerprint density at radius 1 is 1.25 bits per heavy atom. The lowest BCUT2D eigenvalue weighted by molar-refractivity contribution is 0.280. The zero-order valence-corrected chi connectivity index (χ0v) is 11.0. The quantitative estimate of drug-likeness (QED) is 0.743.